The molecule has 1 unspecified atom stereocenters. The first kappa shape index (κ1) is 11.9. The molecule has 0 aliphatic rings. The van der Waals surface area contributed by atoms with E-state index >= 15 is 0 Å². The predicted octanol–water partition coefficient (Wildman–Crippen LogP) is 2.31. The van der Waals surface area contributed by atoms with Crippen LogP contribution >= 0.6 is 22.9 Å². The summed E-state index contributed by atoms with van der Waals surface area (Å²) in [5.41, 5.74) is 0. The highest BCUT2D eigenvalue weighted by molar-refractivity contribution is 7.15. The van der Waals surface area contributed by atoms with Gasteiger partial charge in [-0.3, -0.25) is 0 Å². The van der Waals surface area contributed by atoms with Crippen molar-refractivity contribution in [2.45, 2.75) is 26.4 Å². The quantitative estimate of drug-likeness (QED) is 0.820. The van der Waals surface area contributed by atoms with Crippen LogP contribution in [0.15, 0.2) is 6.20 Å². The van der Waals surface area contributed by atoms with E-state index in [-0.39, 0.29) is 0 Å². The van der Waals surface area contributed by atoms with Gasteiger partial charge in [0.15, 0.2) is 0 Å². The number of nitrogens with one attached hydrogen (secondary N) is 1. The molecule has 1 N–H and O–H groups in total. The zero-order chi connectivity index (χ0) is 10.4. The maximum atomic E-state index is 5.76. The van der Waals surface area contributed by atoms with Gasteiger partial charge in [0.05, 0.1) is 12.8 Å². The highest BCUT2D eigenvalue weighted by Crippen LogP contribution is 2.17. The first-order valence-corrected chi connectivity index (χ1v) is 5.83. The Labute approximate surface area is 93.4 Å². The summed E-state index contributed by atoms with van der Waals surface area (Å²) < 4.78 is 6.02. The van der Waals surface area contributed by atoms with Gasteiger partial charge < -0.3 is 10.1 Å². The number of aromatic nitrogens is 1. The van der Waals surface area contributed by atoms with E-state index in [4.69, 9.17) is 16.3 Å². The van der Waals surface area contributed by atoms with Gasteiger partial charge in [-0.2, -0.15) is 0 Å². The molecule has 0 bridgehead atoms. The van der Waals surface area contributed by atoms with Crippen LogP contribution in [0.25, 0.3) is 0 Å². The summed E-state index contributed by atoms with van der Waals surface area (Å²) in [4.78, 5) is 4.15. The monoisotopic (exact) mass is 234 g/mol. The minimum Gasteiger partial charge on any atom is -0.380 e. The second kappa shape index (κ2) is 6.35. The number of hydrogen-bond donors (Lipinski definition) is 1. The van der Waals surface area contributed by atoms with Crippen LogP contribution < -0.4 is 5.32 Å². The van der Waals surface area contributed by atoms with Crippen molar-refractivity contribution in [1.29, 1.82) is 0 Å². The van der Waals surface area contributed by atoms with Crippen LogP contribution in [-0.4, -0.2) is 24.2 Å². The smallest absolute Gasteiger partial charge is 0.113 e. The fourth-order valence-electron chi connectivity index (χ4n) is 0.985. The molecule has 1 aromatic rings. The zero-order valence-corrected chi connectivity index (χ0v) is 9.99. The summed E-state index contributed by atoms with van der Waals surface area (Å²) in [6, 6.07) is 0.345. The lowest BCUT2D eigenvalue weighted by molar-refractivity contribution is 0.127. The third-order valence-electron chi connectivity index (χ3n) is 1.70. The predicted molar refractivity (Wildman–Crippen MR) is 59.9 cm³/mol. The average molecular weight is 235 g/mol. The Hall–Kier alpha value is -0.160. The Morgan fingerprint density at radius 1 is 1.71 bits per heavy atom. The van der Waals surface area contributed by atoms with Gasteiger partial charge in [-0.25, -0.2) is 4.98 Å². The Bertz CT molecular complexity index is 267. The maximum absolute atomic E-state index is 5.76. The van der Waals surface area contributed by atoms with Crippen LogP contribution in [0, 0.1) is 0 Å². The molecule has 5 heteroatoms. The standard InChI is InChI=1S/C9H15ClN2OS/c1-3-13-6-7(2)11-5-9-12-4-8(10)14-9/h4,7,11H,3,5-6H2,1-2H3. The van der Waals surface area contributed by atoms with E-state index in [9.17, 15) is 0 Å². The highest BCUT2D eigenvalue weighted by atomic mass is 35.5. The van der Waals surface area contributed by atoms with Crippen molar-refractivity contribution in [2.24, 2.45) is 0 Å². The third-order valence-corrected chi connectivity index (χ3v) is 2.81. The molecule has 0 amide bonds. The van der Waals surface area contributed by atoms with Gasteiger partial charge in [-0.15, -0.1) is 11.3 Å². The molecule has 0 saturated heterocycles. The number of thiazole rings is 1. The van der Waals surface area contributed by atoms with Crippen LogP contribution in [0.4, 0.5) is 0 Å². The molecule has 1 atom stereocenters. The largest absolute Gasteiger partial charge is 0.380 e. The lowest BCUT2D eigenvalue weighted by Crippen LogP contribution is -2.29. The van der Waals surface area contributed by atoms with E-state index in [1.807, 2.05) is 6.92 Å². The summed E-state index contributed by atoms with van der Waals surface area (Å²) in [6.07, 6.45) is 1.68. The zero-order valence-electron chi connectivity index (χ0n) is 8.42. The number of nitrogens with zero attached hydrogens (tertiary/aromatic N) is 1. The summed E-state index contributed by atoms with van der Waals surface area (Å²) in [5, 5.41) is 4.32. The van der Waals surface area contributed by atoms with Crippen molar-refractivity contribution in [3.05, 3.63) is 15.5 Å². The highest BCUT2D eigenvalue weighted by Gasteiger charge is 2.03. The van der Waals surface area contributed by atoms with Crippen molar-refractivity contribution < 1.29 is 4.74 Å². The van der Waals surface area contributed by atoms with E-state index in [0.29, 0.717) is 6.04 Å². The Kier molecular flexibility index (Phi) is 5.40. The van der Waals surface area contributed by atoms with E-state index < -0.39 is 0 Å². The van der Waals surface area contributed by atoms with Crippen molar-refractivity contribution in [2.75, 3.05) is 13.2 Å². The van der Waals surface area contributed by atoms with Gasteiger partial charge in [0, 0.05) is 19.2 Å². The fourth-order valence-corrected chi connectivity index (χ4v) is 1.89. The number of ether oxygens (including phenoxy) is 1. The topological polar surface area (TPSA) is 34.1 Å². The number of rotatable bonds is 6. The maximum Gasteiger partial charge on any atom is 0.113 e. The van der Waals surface area contributed by atoms with Crippen LogP contribution in [-0.2, 0) is 11.3 Å². The normalized spacial score (nSPS) is 13.1. The Balaban J connectivity index is 2.20. The van der Waals surface area contributed by atoms with Gasteiger partial charge in [-0.1, -0.05) is 11.6 Å². The van der Waals surface area contributed by atoms with Crippen molar-refractivity contribution in [1.82, 2.24) is 10.3 Å². The summed E-state index contributed by atoms with van der Waals surface area (Å²) in [6.45, 7) is 6.33. The molecule has 14 heavy (non-hydrogen) atoms. The fraction of sp³-hybridized carbons (Fsp3) is 0.667. The van der Waals surface area contributed by atoms with Crippen molar-refractivity contribution in [3.63, 3.8) is 0 Å². The van der Waals surface area contributed by atoms with Crippen LogP contribution in [0.3, 0.4) is 0 Å². The number of hydrogen-bond acceptors (Lipinski definition) is 4. The number of halogens is 1. The Morgan fingerprint density at radius 2 is 2.50 bits per heavy atom. The van der Waals surface area contributed by atoms with Crippen LogP contribution in [0.2, 0.25) is 4.34 Å². The summed E-state index contributed by atoms with van der Waals surface area (Å²) >= 11 is 7.27. The third kappa shape index (κ3) is 4.37. The van der Waals surface area contributed by atoms with Gasteiger partial charge in [0.1, 0.15) is 9.34 Å². The molecule has 0 aliphatic heterocycles. The van der Waals surface area contributed by atoms with Gasteiger partial charge in [0.2, 0.25) is 0 Å². The molecule has 0 radical (unpaired) electrons. The van der Waals surface area contributed by atoms with Gasteiger partial charge >= 0.3 is 0 Å². The molecule has 0 aromatic carbocycles. The molecule has 0 spiro atoms. The second-order valence-corrected chi connectivity index (χ2v) is 4.75. The Morgan fingerprint density at radius 3 is 3.07 bits per heavy atom. The molecule has 1 aromatic heterocycles. The molecular weight excluding hydrogens is 220 g/mol. The van der Waals surface area contributed by atoms with Gasteiger partial charge in [0.25, 0.3) is 0 Å². The van der Waals surface area contributed by atoms with Crippen molar-refractivity contribution in [3.8, 4) is 0 Å². The summed E-state index contributed by atoms with van der Waals surface area (Å²) in [5.74, 6) is 0. The molecule has 0 saturated carbocycles. The van der Waals surface area contributed by atoms with E-state index in [2.05, 4.69) is 17.2 Å². The van der Waals surface area contributed by atoms with Crippen LogP contribution in [0.5, 0.6) is 0 Å². The molecule has 1 heterocycles. The molecule has 3 nitrogen and oxygen atoms in total. The lowest BCUT2D eigenvalue weighted by atomic mass is 10.3. The SMILES string of the molecule is CCOCC(C)NCc1ncc(Cl)s1. The van der Waals surface area contributed by atoms with Crippen molar-refractivity contribution >= 4 is 22.9 Å². The van der Waals surface area contributed by atoms with E-state index in [0.717, 1.165) is 29.1 Å². The second-order valence-electron chi connectivity index (χ2n) is 3.00. The molecule has 80 valence electrons. The van der Waals surface area contributed by atoms with E-state index in [1.54, 1.807) is 6.20 Å². The minimum absolute atomic E-state index is 0.345. The van der Waals surface area contributed by atoms with E-state index in [1.165, 1.54) is 11.3 Å². The molecule has 0 aliphatic carbocycles. The lowest BCUT2D eigenvalue weighted by Gasteiger charge is -2.11. The molecule has 1 rings (SSSR count). The first-order chi connectivity index (χ1) is 6.72. The van der Waals surface area contributed by atoms with Gasteiger partial charge in [-0.05, 0) is 13.8 Å². The molecule has 0 fully saturated rings. The molecular formula is C9H15ClN2OS. The summed E-state index contributed by atoms with van der Waals surface area (Å²) in [7, 11) is 0. The first-order valence-electron chi connectivity index (χ1n) is 4.63. The average Bonchev–Trinajstić information content (AvgIpc) is 2.58. The van der Waals surface area contributed by atoms with Crippen LogP contribution in [0.1, 0.15) is 18.9 Å². The minimum atomic E-state index is 0.345.